The molecule has 0 spiro atoms. The van der Waals surface area contributed by atoms with Crippen LogP contribution in [0, 0.1) is 0 Å². The molecule has 3 aromatic rings. The fraction of sp³-hybridized carbons (Fsp3) is 0. The fourth-order valence-electron chi connectivity index (χ4n) is 2.01. The van der Waals surface area contributed by atoms with E-state index in [0.717, 1.165) is 15.2 Å². The van der Waals surface area contributed by atoms with Crippen molar-refractivity contribution < 1.29 is 8.42 Å². The van der Waals surface area contributed by atoms with E-state index in [1.165, 1.54) is 11.3 Å². The van der Waals surface area contributed by atoms with Gasteiger partial charge in [-0.2, -0.15) is 0 Å². The van der Waals surface area contributed by atoms with E-state index in [-0.39, 0.29) is 4.21 Å². The van der Waals surface area contributed by atoms with Crippen molar-refractivity contribution in [3.63, 3.8) is 0 Å². The second-order valence-corrected chi connectivity index (χ2v) is 8.80. The van der Waals surface area contributed by atoms with Crippen LogP contribution in [0.2, 0.25) is 0 Å². The average Bonchev–Trinajstić information content (AvgIpc) is 2.89. The Kier molecular flexibility index (Phi) is 4.09. The summed E-state index contributed by atoms with van der Waals surface area (Å²) in [5.74, 6) is 0. The Morgan fingerprint density at radius 1 is 0.905 bits per heavy atom. The first kappa shape index (κ1) is 15.0. The number of nitrogens with one attached hydrogen (secondary N) is 1. The Hall–Kier alpha value is -0.890. The van der Waals surface area contributed by atoms with E-state index in [4.69, 9.17) is 0 Å². The summed E-state index contributed by atoms with van der Waals surface area (Å²) in [6.45, 7) is 0. The molecule has 1 aromatic heterocycles. The van der Waals surface area contributed by atoms with Crippen LogP contribution in [0.5, 0.6) is 0 Å². The fourth-order valence-corrected chi connectivity index (χ4v) is 5.91. The van der Waals surface area contributed by atoms with E-state index in [9.17, 15) is 8.42 Å². The van der Waals surface area contributed by atoms with Gasteiger partial charge in [-0.25, -0.2) is 8.42 Å². The van der Waals surface area contributed by atoms with Gasteiger partial charge in [0.1, 0.15) is 0 Å². The minimum Gasteiger partial charge on any atom is -0.278 e. The minimum absolute atomic E-state index is 0.273. The molecule has 2 aromatic carbocycles. The normalized spacial score (nSPS) is 11.7. The van der Waals surface area contributed by atoms with Crippen LogP contribution >= 0.6 is 43.2 Å². The third kappa shape index (κ3) is 2.88. The molecule has 0 aliphatic heterocycles. The van der Waals surface area contributed by atoms with Crippen LogP contribution in [0.4, 0.5) is 5.69 Å². The Bertz CT molecular complexity index is 920. The third-order valence-electron chi connectivity index (χ3n) is 2.94. The molecule has 1 heterocycles. The van der Waals surface area contributed by atoms with Crippen LogP contribution in [0.25, 0.3) is 10.8 Å². The van der Waals surface area contributed by atoms with Gasteiger partial charge in [0, 0.05) is 14.3 Å². The molecule has 3 nitrogen and oxygen atoms in total. The van der Waals surface area contributed by atoms with Crippen LogP contribution in [0.3, 0.4) is 0 Å². The number of sulfonamides is 1. The summed E-state index contributed by atoms with van der Waals surface area (Å²) >= 11 is 7.92. The number of rotatable bonds is 3. The van der Waals surface area contributed by atoms with Gasteiger partial charge in [-0.05, 0) is 44.9 Å². The maximum atomic E-state index is 12.5. The van der Waals surface area contributed by atoms with Crippen molar-refractivity contribution in [1.82, 2.24) is 0 Å². The van der Waals surface area contributed by atoms with Crippen molar-refractivity contribution in [2.75, 3.05) is 4.72 Å². The van der Waals surface area contributed by atoms with E-state index >= 15 is 0 Å². The molecule has 0 fully saturated rings. The standard InChI is InChI=1S/C14H9Br2NO2S2/c15-11-5-6-13(10-4-2-1-3-9(10)11)17-21(18,19)14-12(16)7-8-20-14/h1-8,17H. The van der Waals surface area contributed by atoms with Gasteiger partial charge in [-0.15, -0.1) is 11.3 Å². The second-order valence-electron chi connectivity index (χ2n) is 4.30. The van der Waals surface area contributed by atoms with Gasteiger partial charge in [0.25, 0.3) is 10.0 Å². The van der Waals surface area contributed by atoms with Gasteiger partial charge in [-0.3, -0.25) is 4.72 Å². The lowest BCUT2D eigenvalue weighted by molar-refractivity contribution is 0.603. The lowest BCUT2D eigenvalue weighted by atomic mass is 10.1. The SMILES string of the molecule is O=S(=O)(Nc1ccc(Br)c2ccccc12)c1sccc1Br. The van der Waals surface area contributed by atoms with Gasteiger partial charge < -0.3 is 0 Å². The molecule has 0 amide bonds. The molecule has 0 saturated carbocycles. The minimum atomic E-state index is -3.60. The molecule has 7 heteroatoms. The van der Waals surface area contributed by atoms with Crippen molar-refractivity contribution in [3.8, 4) is 0 Å². The smallest absolute Gasteiger partial charge is 0.272 e. The molecule has 0 aliphatic rings. The highest BCUT2D eigenvalue weighted by Gasteiger charge is 2.20. The first-order valence-electron chi connectivity index (χ1n) is 5.92. The number of hydrogen-bond donors (Lipinski definition) is 1. The predicted molar refractivity (Wildman–Crippen MR) is 94.5 cm³/mol. The lowest BCUT2D eigenvalue weighted by Crippen LogP contribution is -2.12. The summed E-state index contributed by atoms with van der Waals surface area (Å²) in [5.41, 5.74) is 0.564. The molecule has 0 unspecified atom stereocenters. The first-order chi connectivity index (χ1) is 9.99. The van der Waals surface area contributed by atoms with Gasteiger partial charge in [0.15, 0.2) is 4.21 Å². The third-order valence-corrected chi connectivity index (χ3v) is 7.67. The van der Waals surface area contributed by atoms with Crippen LogP contribution in [0.15, 0.2) is 61.0 Å². The number of halogens is 2. The summed E-state index contributed by atoms with van der Waals surface area (Å²) in [7, 11) is -3.60. The van der Waals surface area contributed by atoms with E-state index < -0.39 is 10.0 Å². The van der Waals surface area contributed by atoms with E-state index in [0.29, 0.717) is 10.2 Å². The Labute approximate surface area is 143 Å². The maximum absolute atomic E-state index is 12.5. The summed E-state index contributed by atoms with van der Waals surface area (Å²) in [5, 5.41) is 3.55. The quantitative estimate of drug-likeness (QED) is 0.598. The summed E-state index contributed by atoms with van der Waals surface area (Å²) in [6.07, 6.45) is 0. The van der Waals surface area contributed by atoms with Crippen LogP contribution in [-0.2, 0) is 10.0 Å². The lowest BCUT2D eigenvalue weighted by Gasteiger charge is -2.11. The Morgan fingerprint density at radius 2 is 1.62 bits per heavy atom. The van der Waals surface area contributed by atoms with Crippen molar-refractivity contribution in [2.45, 2.75) is 4.21 Å². The van der Waals surface area contributed by atoms with Crippen LogP contribution in [0.1, 0.15) is 0 Å². The second kappa shape index (κ2) is 5.72. The largest absolute Gasteiger partial charge is 0.278 e. The monoisotopic (exact) mass is 445 g/mol. The van der Waals surface area contributed by atoms with E-state index in [1.54, 1.807) is 17.5 Å². The molecule has 21 heavy (non-hydrogen) atoms. The number of thiophene rings is 1. The molecular weight excluding hydrogens is 438 g/mol. The van der Waals surface area contributed by atoms with Gasteiger partial charge in [0.2, 0.25) is 0 Å². The number of benzene rings is 2. The average molecular weight is 447 g/mol. The number of fused-ring (bicyclic) bond motifs is 1. The summed E-state index contributed by atoms with van der Waals surface area (Å²) in [4.78, 5) is 0. The zero-order valence-electron chi connectivity index (χ0n) is 10.5. The molecular formula is C14H9Br2NO2S2. The van der Waals surface area contributed by atoms with Crippen molar-refractivity contribution >= 4 is 69.7 Å². The molecule has 1 N–H and O–H groups in total. The number of anilines is 1. The highest BCUT2D eigenvalue weighted by molar-refractivity contribution is 9.11. The molecule has 0 atom stereocenters. The van der Waals surface area contributed by atoms with Crippen LogP contribution in [-0.4, -0.2) is 8.42 Å². The van der Waals surface area contributed by atoms with Crippen molar-refractivity contribution in [1.29, 1.82) is 0 Å². The highest BCUT2D eigenvalue weighted by atomic mass is 79.9. The van der Waals surface area contributed by atoms with Crippen molar-refractivity contribution in [3.05, 3.63) is 56.8 Å². The summed E-state index contributed by atoms with van der Waals surface area (Å²) < 4.78 is 29.4. The Balaban J connectivity index is 2.11. The highest BCUT2D eigenvalue weighted by Crippen LogP contribution is 2.33. The zero-order chi connectivity index (χ0) is 15.0. The molecule has 0 radical (unpaired) electrons. The molecule has 0 aliphatic carbocycles. The van der Waals surface area contributed by atoms with Gasteiger partial charge in [0.05, 0.1) is 5.69 Å². The first-order valence-corrected chi connectivity index (χ1v) is 9.87. The topological polar surface area (TPSA) is 46.2 Å². The molecule has 3 rings (SSSR count). The van der Waals surface area contributed by atoms with Gasteiger partial charge >= 0.3 is 0 Å². The molecule has 0 bridgehead atoms. The Morgan fingerprint density at radius 3 is 2.29 bits per heavy atom. The maximum Gasteiger partial charge on any atom is 0.272 e. The molecule has 108 valence electrons. The molecule has 0 saturated heterocycles. The van der Waals surface area contributed by atoms with E-state index in [2.05, 4.69) is 36.6 Å². The number of hydrogen-bond acceptors (Lipinski definition) is 3. The van der Waals surface area contributed by atoms with E-state index in [1.807, 2.05) is 30.3 Å². The summed E-state index contributed by atoms with van der Waals surface area (Å²) in [6, 6.07) is 12.9. The van der Waals surface area contributed by atoms with Crippen molar-refractivity contribution in [2.24, 2.45) is 0 Å². The van der Waals surface area contributed by atoms with Gasteiger partial charge in [-0.1, -0.05) is 40.2 Å². The van der Waals surface area contributed by atoms with Crippen LogP contribution < -0.4 is 4.72 Å². The zero-order valence-corrected chi connectivity index (χ0v) is 15.3. The predicted octanol–water partition coefficient (Wildman–Crippen LogP) is 5.23.